The molecule has 1 aromatic rings. The quantitative estimate of drug-likeness (QED) is 0.873. The van der Waals surface area contributed by atoms with Crippen LogP contribution in [0.1, 0.15) is 62.5 Å². The van der Waals surface area contributed by atoms with Gasteiger partial charge in [0, 0.05) is 24.3 Å². The number of hydrogen-bond donors (Lipinski definition) is 2. The van der Waals surface area contributed by atoms with Gasteiger partial charge >= 0.3 is 0 Å². The maximum atomic E-state index is 12.5. The first-order valence-corrected chi connectivity index (χ1v) is 7.96. The highest BCUT2D eigenvalue weighted by molar-refractivity contribution is 5.95. The monoisotopic (exact) mass is 289 g/mol. The van der Waals surface area contributed by atoms with Gasteiger partial charge in [-0.1, -0.05) is 33.6 Å². The lowest BCUT2D eigenvalue weighted by Gasteiger charge is -2.27. The van der Waals surface area contributed by atoms with E-state index in [2.05, 4.69) is 36.4 Å². The van der Waals surface area contributed by atoms with E-state index in [-0.39, 0.29) is 17.4 Å². The zero-order chi connectivity index (χ0) is 15.5. The summed E-state index contributed by atoms with van der Waals surface area (Å²) in [4.78, 5) is 17.0. The van der Waals surface area contributed by atoms with Crippen molar-refractivity contribution < 1.29 is 4.79 Å². The molecule has 1 heterocycles. The Morgan fingerprint density at radius 1 is 1.43 bits per heavy atom. The van der Waals surface area contributed by atoms with Crippen LogP contribution in [0.3, 0.4) is 0 Å². The van der Waals surface area contributed by atoms with Gasteiger partial charge in [0.1, 0.15) is 5.82 Å². The number of amides is 1. The van der Waals surface area contributed by atoms with Gasteiger partial charge in [-0.25, -0.2) is 4.98 Å². The highest BCUT2D eigenvalue weighted by atomic mass is 16.1. The third kappa shape index (κ3) is 3.74. The van der Waals surface area contributed by atoms with Crippen LogP contribution in [0, 0.1) is 5.41 Å². The smallest absolute Gasteiger partial charge is 0.251 e. The number of anilines is 1. The zero-order valence-corrected chi connectivity index (χ0v) is 13.6. The third-order valence-corrected chi connectivity index (χ3v) is 4.47. The Hall–Kier alpha value is -1.58. The first-order valence-electron chi connectivity index (χ1n) is 7.96. The molecular formula is C17H27N3O. The molecule has 116 valence electrons. The molecule has 1 aromatic heterocycles. The molecule has 4 heteroatoms. The maximum Gasteiger partial charge on any atom is 0.251 e. The first kappa shape index (κ1) is 15.8. The van der Waals surface area contributed by atoms with Crippen LogP contribution in [0.15, 0.2) is 12.1 Å². The number of pyridine rings is 1. The molecule has 1 aliphatic rings. The lowest BCUT2D eigenvalue weighted by Crippen LogP contribution is -2.41. The van der Waals surface area contributed by atoms with Crippen molar-refractivity contribution in [3.63, 3.8) is 0 Å². The van der Waals surface area contributed by atoms with Crippen LogP contribution in [0.25, 0.3) is 0 Å². The third-order valence-electron chi connectivity index (χ3n) is 4.47. The molecule has 2 N–H and O–H groups in total. The fourth-order valence-electron chi connectivity index (χ4n) is 3.07. The second-order valence-corrected chi connectivity index (χ2v) is 6.64. The van der Waals surface area contributed by atoms with Crippen molar-refractivity contribution in [2.45, 2.75) is 58.9 Å². The lowest BCUT2D eigenvalue weighted by atomic mass is 9.87. The summed E-state index contributed by atoms with van der Waals surface area (Å²) in [5.41, 5.74) is 1.88. The standard InChI is InChI=1S/C17H27N3O/c1-5-7-13-10-12(11-15(18-4)19-13)16(21)20-14-8-6-9-17(14,2)3/h10-11,14H,5-9H2,1-4H3,(H,18,19)(H,20,21). The minimum absolute atomic E-state index is 0.0197. The average Bonchev–Trinajstić information content (AvgIpc) is 2.77. The molecular weight excluding hydrogens is 262 g/mol. The van der Waals surface area contributed by atoms with Gasteiger partial charge < -0.3 is 10.6 Å². The van der Waals surface area contributed by atoms with Gasteiger partial charge in [-0.3, -0.25) is 4.79 Å². The fourth-order valence-corrected chi connectivity index (χ4v) is 3.07. The molecule has 1 fully saturated rings. The normalized spacial score (nSPS) is 20.3. The number of nitrogens with zero attached hydrogens (tertiary/aromatic N) is 1. The van der Waals surface area contributed by atoms with Gasteiger partial charge in [-0.2, -0.15) is 0 Å². The van der Waals surface area contributed by atoms with Crippen LogP contribution in [0.2, 0.25) is 0 Å². The molecule has 1 saturated carbocycles. The van der Waals surface area contributed by atoms with Crippen molar-refractivity contribution in [2.24, 2.45) is 5.41 Å². The summed E-state index contributed by atoms with van der Waals surface area (Å²) in [7, 11) is 1.83. The average molecular weight is 289 g/mol. The summed E-state index contributed by atoms with van der Waals surface area (Å²) < 4.78 is 0. The SMILES string of the molecule is CCCc1cc(C(=O)NC2CCCC2(C)C)cc(NC)n1. The van der Waals surface area contributed by atoms with Gasteiger partial charge in [0.15, 0.2) is 0 Å². The van der Waals surface area contributed by atoms with Crippen LogP contribution in [0.5, 0.6) is 0 Å². The molecule has 0 bridgehead atoms. The van der Waals surface area contributed by atoms with Crippen LogP contribution in [-0.4, -0.2) is 24.0 Å². The molecule has 0 saturated heterocycles. The molecule has 0 aromatic carbocycles. The Morgan fingerprint density at radius 3 is 2.76 bits per heavy atom. The van der Waals surface area contributed by atoms with Crippen molar-refractivity contribution in [1.29, 1.82) is 0 Å². The number of nitrogens with one attached hydrogen (secondary N) is 2. The second kappa shape index (κ2) is 6.46. The van der Waals surface area contributed by atoms with Crippen LogP contribution in [-0.2, 0) is 6.42 Å². The number of hydrogen-bond acceptors (Lipinski definition) is 3. The Labute approximate surface area is 127 Å². The predicted octanol–water partition coefficient (Wildman–Crippen LogP) is 3.38. The maximum absolute atomic E-state index is 12.5. The first-order chi connectivity index (χ1) is 9.96. The number of rotatable bonds is 5. The zero-order valence-electron chi connectivity index (χ0n) is 13.6. The van der Waals surface area contributed by atoms with E-state index >= 15 is 0 Å². The number of carbonyl (C=O) groups is 1. The van der Waals surface area contributed by atoms with Crippen molar-refractivity contribution in [3.8, 4) is 0 Å². The molecule has 1 amide bonds. The van der Waals surface area contributed by atoms with Gasteiger partial charge in [-0.15, -0.1) is 0 Å². The number of aryl methyl sites for hydroxylation is 1. The van der Waals surface area contributed by atoms with E-state index in [1.165, 1.54) is 12.8 Å². The van der Waals surface area contributed by atoms with E-state index in [9.17, 15) is 4.79 Å². The summed E-state index contributed by atoms with van der Waals surface area (Å²) in [5, 5.41) is 6.25. The molecule has 21 heavy (non-hydrogen) atoms. The van der Waals surface area contributed by atoms with E-state index in [0.29, 0.717) is 5.56 Å². The van der Waals surface area contributed by atoms with Crippen molar-refractivity contribution >= 4 is 11.7 Å². The van der Waals surface area contributed by atoms with Crippen LogP contribution < -0.4 is 10.6 Å². The van der Waals surface area contributed by atoms with E-state index in [4.69, 9.17) is 0 Å². The van der Waals surface area contributed by atoms with E-state index in [0.717, 1.165) is 30.8 Å². The van der Waals surface area contributed by atoms with Gasteiger partial charge in [0.2, 0.25) is 0 Å². The molecule has 0 spiro atoms. The van der Waals surface area contributed by atoms with E-state index in [1.807, 2.05) is 19.2 Å². The Balaban J connectivity index is 2.16. The molecule has 1 unspecified atom stereocenters. The Morgan fingerprint density at radius 2 is 2.19 bits per heavy atom. The van der Waals surface area contributed by atoms with E-state index in [1.54, 1.807) is 0 Å². The molecule has 0 aliphatic heterocycles. The topological polar surface area (TPSA) is 54.0 Å². The van der Waals surface area contributed by atoms with Gasteiger partial charge in [0.25, 0.3) is 5.91 Å². The molecule has 4 nitrogen and oxygen atoms in total. The Kier molecular flexibility index (Phi) is 4.86. The number of carbonyl (C=O) groups excluding carboxylic acids is 1. The summed E-state index contributed by atoms with van der Waals surface area (Å²) in [6.07, 6.45) is 5.36. The highest BCUT2D eigenvalue weighted by Crippen LogP contribution is 2.37. The summed E-state index contributed by atoms with van der Waals surface area (Å²) in [6, 6.07) is 4.02. The van der Waals surface area contributed by atoms with Crippen molar-refractivity contribution in [3.05, 3.63) is 23.4 Å². The minimum atomic E-state index is 0.0197. The van der Waals surface area contributed by atoms with Crippen LogP contribution >= 0.6 is 0 Å². The summed E-state index contributed by atoms with van der Waals surface area (Å²) in [6.45, 7) is 6.59. The van der Waals surface area contributed by atoms with E-state index < -0.39 is 0 Å². The highest BCUT2D eigenvalue weighted by Gasteiger charge is 2.35. The van der Waals surface area contributed by atoms with Gasteiger partial charge in [-0.05, 0) is 36.8 Å². The van der Waals surface area contributed by atoms with Gasteiger partial charge in [0.05, 0.1) is 0 Å². The molecule has 0 radical (unpaired) electrons. The fraction of sp³-hybridized carbons (Fsp3) is 0.647. The Bertz CT molecular complexity index is 511. The molecule has 1 atom stereocenters. The molecule has 2 rings (SSSR count). The minimum Gasteiger partial charge on any atom is -0.373 e. The predicted molar refractivity (Wildman–Crippen MR) is 86.7 cm³/mol. The number of aromatic nitrogens is 1. The van der Waals surface area contributed by atoms with Crippen molar-refractivity contribution in [2.75, 3.05) is 12.4 Å². The summed E-state index contributed by atoms with van der Waals surface area (Å²) >= 11 is 0. The largest absolute Gasteiger partial charge is 0.373 e. The van der Waals surface area contributed by atoms with Crippen molar-refractivity contribution in [1.82, 2.24) is 10.3 Å². The summed E-state index contributed by atoms with van der Waals surface area (Å²) in [5.74, 6) is 0.781. The second-order valence-electron chi connectivity index (χ2n) is 6.64. The van der Waals surface area contributed by atoms with Crippen LogP contribution in [0.4, 0.5) is 5.82 Å². The molecule has 1 aliphatic carbocycles. The lowest BCUT2D eigenvalue weighted by molar-refractivity contribution is 0.0910.